The number of nitrogens with one attached hydrogen (secondary N) is 1. The molecule has 1 atom stereocenters. The highest BCUT2D eigenvalue weighted by molar-refractivity contribution is 7.15. The number of thiazole rings is 1. The van der Waals surface area contributed by atoms with Gasteiger partial charge in [0.25, 0.3) is 11.6 Å². The molecule has 138 valence electrons. The van der Waals surface area contributed by atoms with Crippen molar-refractivity contribution in [1.29, 1.82) is 0 Å². The van der Waals surface area contributed by atoms with Gasteiger partial charge in [0, 0.05) is 34.8 Å². The molecule has 8 nitrogen and oxygen atoms in total. The highest BCUT2D eigenvalue weighted by Gasteiger charge is 2.24. The Bertz CT molecular complexity index is 803. The molecule has 2 aromatic rings. The largest absolute Gasteiger partial charge is 0.327 e. The summed E-state index contributed by atoms with van der Waals surface area (Å²) in [6.07, 6.45) is 2.33. The molecule has 0 spiro atoms. The second-order valence-corrected chi connectivity index (χ2v) is 7.05. The number of carbonyl (C=O) groups excluding carboxylic acids is 2. The summed E-state index contributed by atoms with van der Waals surface area (Å²) in [6.45, 7) is 5.54. The molecule has 0 aliphatic rings. The number of anilines is 1. The quantitative estimate of drug-likeness (QED) is 0.590. The Labute approximate surface area is 155 Å². The maximum atomic E-state index is 12.8. The van der Waals surface area contributed by atoms with Gasteiger partial charge in [0.2, 0.25) is 5.91 Å². The summed E-state index contributed by atoms with van der Waals surface area (Å²) in [5, 5.41) is 13.9. The van der Waals surface area contributed by atoms with Crippen molar-refractivity contribution in [3.8, 4) is 0 Å². The zero-order valence-electron chi connectivity index (χ0n) is 14.8. The number of amides is 2. The van der Waals surface area contributed by atoms with E-state index in [-0.39, 0.29) is 30.1 Å². The van der Waals surface area contributed by atoms with Crippen LogP contribution in [0.1, 0.15) is 35.5 Å². The first-order valence-electron chi connectivity index (χ1n) is 8.09. The molecule has 9 heteroatoms. The van der Waals surface area contributed by atoms with E-state index in [1.807, 2.05) is 20.8 Å². The van der Waals surface area contributed by atoms with Crippen LogP contribution in [0.2, 0.25) is 0 Å². The predicted molar refractivity (Wildman–Crippen MR) is 99.4 cm³/mol. The number of nitro benzene ring substituents is 1. The number of hydrogen-bond acceptors (Lipinski definition) is 6. The molecule has 0 aliphatic carbocycles. The maximum Gasteiger partial charge on any atom is 0.269 e. The zero-order valence-corrected chi connectivity index (χ0v) is 15.6. The predicted octanol–water partition coefficient (Wildman–Crippen LogP) is 3.24. The number of hydrogen-bond donors (Lipinski definition) is 1. The Morgan fingerprint density at radius 1 is 1.35 bits per heavy atom. The zero-order chi connectivity index (χ0) is 19.3. The SMILES string of the molecule is CCC(C)N(CC(=O)Nc1ncc(C)s1)C(=O)c1ccc([N+](=O)[O-])cc1. The molecule has 1 unspecified atom stereocenters. The second kappa shape index (κ2) is 8.52. The fourth-order valence-corrected chi connectivity index (χ4v) is 2.95. The maximum absolute atomic E-state index is 12.8. The van der Waals surface area contributed by atoms with Crippen molar-refractivity contribution in [2.45, 2.75) is 33.2 Å². The molecule has 0 saturated heterocycles. The summed E-state index contributed by atoms with van der Waals surface area (Å²) < 4.78 is 0. The average molecular weight is 376 g/mol. The van der Waals surface area contributed by atoms with E-state index in [9.17, 15) is 19.7 Å². The molecule has 0 aliphatic heterocycles. The van der Waals surface area contributed by atoms with Crippen LogP contribution in [-0.2, 0) is 4.79 Å². The van der Waals surface area contributed by atoms with Gasteiger partial charge < -0.3 is 10.2 Å². The third-order valence-corrected chi connectivity index (χ3v) is 4.72. The fraction of sp³-hybridized carbons (Fsp3) is 0.353. The number of benzene rings is 1. The van der Waals surface area contributed by atoms with Gasteiger partial charge in [-0.25, -0.2) is 4.98 Å². The van der Waals surface area contributed by atoms with Gasteiger partial charge in [-0.2, -0.15) is 0 Å². The second-order valence-electron chi connectivity index (χ2n) is 5.82. The molecule has 1 aromatic carbocycles. The summed E-state index contributed by atoms with van der Waals surface area (Å²) in [5.41, 5.74) is 0.210. The minimum Gasteiger partial charge on any atom is -0.327 e. The summed E-state index contributed by atoms with van der Waals surface area (Å²) in [4.78, 5) is 41.8. The third kappa shape index (κ3) is 4.85. The first-order valence-corrected chi connectivity index (χ1v) is 8.91. The molecule has 2 rings (SSSR count). The minimum absolute atomic E-state index is 0.0893. The van der Waals surface area contributed by atoms with Gasteiger partial charge in [0.1, 0.15) is 6.54 Å². The molecular formula is C17H20N4O4S. The van der Waals surface area contributed by atoms with E-state index in [1.54, 1.807) is 6.20 Å². The van der Waals surface area contributed by atoms with E-state index >= 15 is 0 Å². The lowest BCUT2D eigenvalue weighted by Crippen LogP contribution is -2.43. The Morgan fingerprint density at radius 2 is 2.00 bits per heavy atom. The van der Waals surface area contributed by atoms with E-state index in [2.05, 4.69) is 10.3 Å². The van der Waals surface area contributed by atoms with Crippen LogP contribution in [0.15, 0.2) is 30.5 Å². The average Bonchev–Trinajstić information content (AvgIpc) is 3.03. The highest BCUT2D eigenvalue weighted by Crippen LogP contribution is 2.18. The van der Waals surface area contributed by atoms with Gasteiger partial charge in [-0.15, -0.1) is 11.3 Å². The lowest BCUT2D eigenvalue weighted by Gasteiger charge is -2.28. The molecule has 0 saturated carbocycles. The normalized spacial score (nSPS) is 11.7. The van der Waals surface area contributed by atoms with Crippen LogP contribution < -0.4 is 5.32 Å². The molecule has 1 heterocycles. The molecular weight excluding hydrogens is 356 g/mol. The van der Waals surface area contributed by atoms with Crippen LogP contribution in [0.4, 0.5) is 10.8 Å². The number of nitro groups is 1. The van der Waals surface area contributed by atoms with Crippen LogP contribution in [-0.4, -0.2) is 39.2 Å². The molecule has 1 N–H and O–H groups in total. The minimum atomic E-state index is -0.524. The van der Waals surface area contributed by atoms with Crippen molar-refractivity contribution < 1.29 is 14.5 Å². The molecule has 0 fully saturated rings. The summed E-state index contributed by atoms with van der Waals surface area (Å²) >= 11 is 1.36. The van der Waals surface area contributed by atoms with Crippen LogP contribution in [0.5, 0.6) is 0 Å². The fourth-order valence-electron chi connectivity index (χ4n) is 2.27. The van der Waals surface area contributed by atoms with Crippen molar-refractivity contribution >= 4 is 34.0 Å². The van der Waals surface area contributed by atoms with Crippen molar-refractivity contribution in [2.24, 2.45) is 0 Å². The number of carbonyl (C=O) groups is 2. The highest BCUT2D eigenvalue weighted by atomic mass is 32.1. The van der Waals surface area contributed by atoms with Crippen LogP contribution in [0, 0.1) is 17.0 Å². The van der Waals surface area contributed by atoms with E-state index in [4.69, 9.17) is 0 Å². The standard InChI is InChI=1S/C17H20N4O4S/c1-4-11(2)20(10-15(22)19-17-18-9-12(3)26-17)16(23)13-5-7-14(8-6-13)21(24)25/h5-9,11H,4,10H2,1-3H3,(H,18,19,22). The van der Waals surface area contributed by atoms with Crippen LogP contribution in [0.25, 0.3) is 0 Å². The first kappa shape index (κ1) is 19.5. The Balaban J connectivity index is 2.13. The molecule has 0 radical (unpaired) electrons. The van der Waals surface area contributed by atoms with E-state index in [0.717, 1.165) is 4.88 Å². The van der Waals surface area contributed by atoms with Gasteiger partial charge in [-0.05, 0) is 32.4 Å². The molecule has 26 heavy (non-hydrogen) atoms. The topological polar surface area (TPSA) is 105 Å². The van der Waals surface area contributed by atoms with Crippen molar-refractivity contribution in [3.05, 3.63) is 51.0 Å². The van der Waals surface area contributed by atoms with E-state index < -0.39 is 4.92 Å². The Kier molecular flexibility index (Phi) is 6.40. The van der Waals surface area contributed by atoms with E-state index in [1.165, 1.54) is 40.5 Å². The molecule has 0 bridgehead atoms. The number of aryl methyl sites for hydroxylation is 1. The summed E-state index contributed by atoms with van der Waals surface area (Å²) in [5.74, 6) is -0.686. The van der Waals surface area contributed by atoms with Crippen molar-refractivity contribution in [2.75, 3.05) is 11.9 Å². The number of aromatic nitrogens is 1. The summed E-state index contributed by atoms with van der Waals surface area (Å²) in [7, 11) is 0. The van der Waals surface area contributed by atoms with Gasteiger partial charge in [0.05, 0.1) is 4.92 Å². The van der Waals surface area contributed by atoms with Gasteiger partial charge in [-0.3, -0.25) is 19.7 Å². The van der Waals surface area contributed by atoms with Crippen molar-refractivity contribution in [1.82, 2.24) is 9.88 Å². The van der Waals surface area contributed by atoms with Gasteiger partial charge in [0.15, 0.2) is 5.13 Å². The lowest BCUT2D eigenvalue weighted by molar-refractivity contribution is -0.384. The Hall–Kier alpha value is -2.81. The number of nitrogens with zero attached hydrogens (tertiary/aromatic N) is 3. The molecule has 1 aromatic heterocycles. The van der Waals surface area contributed by atoms with Crippen LogP contribution in [0.3, 0.4) is 0 Å². The van der Waals surface area contributed by atoms with Crippen molar-refractivity contribution in [3.63, 3.8) is 0 Å². The lowest BCUT2D eigenvalue weighted by atomic mass is 10.1. The first-order chi connectivity index (χ1) is 12.3. The van der Waals surface area contributed by atoms with Gasteiger partial charge >= 0.3 is 0 Å². The number of non-ortho nitro benzene ring substituents is 1. The Morgan fingerprint density at radius 3 is 2.50 bits per heavy atom. The smallest absolute Gasteiger partial charge is 0.269 e. The van der Waals surface area contributed by atoms with E-state index in [0.29, 0.717) is 17.1 Å². The third-order valence-electron chi connectivity index (χ3n) is 3.89. The number of rotatable bonds is 7. The van der Waals surface area contributed by atoms with Gasteiger partial charge in [-0.1, -0.05) is 6.92 Å². The van der Waals surface area contributed by atoms with Crippen LogP contribution >= 0.6 is 11.3 Å². The molecule has 2 amide bonds. The summed E-state index contributed by atoms with van der Waals surface area (Å²) in [6, 6.07) is 5.19. The monoisotopic (exact) mass is 376 g/mol.